The Labute approximate surface area is 111 Å². The second-order valence-corrected chi connectivity index (χ2v) is 4.96. The van der Waals surface area contributed by atoms with E-state index in [-0.39, 0.29) is 15.7 Å². The van der Waals surface area contributed by atoms with E-state index >= 15 is 0 Å². The van der Waals surface area contributed by atoms with E-state index in [1.165, 1.54) is 12.1 Å². The third-order valence-corrected chi connectivity index (χ3v) is 3.04. The van der Waals surface area contributed by atoms with Crippen molar-refractivity contribution in [1.82, 2.24) is 0 Å². The third kappa shape index (κ3) is 4.10. The van der Waals surface area contributed by atoms with Crippen molar-refractivity contribution in [3.63, 3.8) is 0 Å². The van der Waals surface area contributed by atoms with E-state index in [1.807, 2.05) is 0 Å². The van der Waals surface area contributed by atoms with Gasteiger partial charge in [-0.2, -0.15) is 0 Å². The van der Waals surface area contributed by atoms with E-state index in [1.54, 1.807) is 0 Å². The number of ether oxygens (including phenoxy) is 1. The molecule has 0 aliphatic heterocycles. The minimum atomic E-state index is -0.434. The van der Waals surface area contributed by atoms with Gasteiger partial charge in [-0.25, -0.2) is 4.79 Å². The largest absolute Gasteiger partial charge is 0.462 e. The van der Waals surface area contributed by atoms with Crippen LogP contribution in [0.15, 0.2) is 12.1 Å². The number of benzene rings is 1. The highest BCUT2D eigenvalue weighted by Gasteiger charge is 2.12. The summed E-state index contributed by atoms with van der Waals surface area (Å²) >= 11 is 11.6. The predicted octanol–water partition coefficient (Wildman–Crippen LogP) is 3.78. The molecule has 0 unspecified atom stereocenters. The maximum absolute atomic E-state index is 11.7. The molecule has 0 amide bonds. The fourth-order valence-corrected chi connectivity index (χ4v) is 1.53. The number of rotatable bonds is 4. The molecule has 0 aliphatic carbocycles. The SMILES string of the molecule is CC(C)CCOC(=O)c1cc(N)c(Cl)c(Cl)c1. The Hall–Kier alpha value is -0.930. The summed E-state index contributed by atoms with van der Waals surface area (Å²) in [5, 5.41) is 0.507. The lowest BCUT2D eigenvalue weighted by atomic mass is 10.1. The van der Waals surface area contributed by atoms with E-state index in [9.17, 15) is 4.79 Å². The second-order valence-electron chi connectivity index (χ2n) is 4.18. The van der Waals surface area contributed by atoms with Crippen LogP contribution in [0.25, 0.3) is 0 Å². The Bertz CT molecular complexity index is 396. The van der Waals surface area contributed by atoms with Crippen molar-refractivity contribution in [2.75, 3.05) is 12.3 Å². The number of esters is 1. The molecule has 0 aromatic heterocycles. The van der Waals surface area contributed by atoms with Crippen LogP contribution in [0.1, 0.15) is 30.6 Å². The van der Waals surface area contributed by atoms with Gasteiger partial charge in [0.15, 0.2) is 0 Å². The molecule has 0 heterocycles. The highest BCUT2D eigenvalue weighted by Crippen LogP contribution is 2.29. The Balaban J connectivity index is 2.70. The minimum Gasteiger partial charge on any atom is -0.462 e. The van der Waals surface area contributed by atoms with Crippen LogP contribution in [0.4, 0.5) is 5.69 Å². The first kappa shape index (κ1) is 14.1. The molecule has 3 nitrogen and oxygen atoms in total. The van der Waals surface area contributed by atoms with Gasteiger partial charge in [0.1, 0.15) is 0 Å². The highest BCUT2D eigenvalue weighted by molar-refractivity contribution is 6.43. The monoisotopic (exact) mass is 275 g/mol. The van der Waals surface area contributed by atoms with Crippen LogP contribution in [-0.2, 0) is 4.74 Å². The van der Waals surface area contributed by atoms with Crippen LogP contribution in [0.3, 0.4) is 0 Å². The van der Waals surface area contributed by atoms with Gasteiger partial charge in [-0.1, -0.05) is 37.0 Å². The second kappa shape index (κ2) is 6.12. The highest BCUT2D eigenvalue weighted by atomic mass is 35.5. The maximum Gasteiger partial charge on any atom is 0.338 e. The number of nitrogen functional groups attached to an aromatic ring is 1. The number of carbonyl (C=O) groups is 1. The summed E-state index contributed by atoms with van der Waals surface area (Å²) in [5.74, 6) is 0.0533. The number of carbonyl (C=O) groups excluding carboxylic acids is 1. The summed E-state index contributed by atoms with van der Waals surface area (Å²) in [6.45, 7) is 4.51. The molecule has 0 aliphatic rings. The summed E-state index contributed by atoms with van der Waals surface area (Å²) < 4.78 is 5.09. The van der Waals surface area contributed by atoms with Gasteiger partial charge in [-0.05, 0) is 24.5 Å². The van der Waals surface area contributed by atoms with Gasteiger partial charge >= 0.3 is 5.97 Å². The molecule has 0 saturated carbocycles. The first-order chi connectivity index (χ1) is 7.91. The molecule has 5 heteroatoms. The van der Waals surface area contributed by atoms with Crippen LogP contribution >= 0.6 is 23.2 Å². The lowest BCUT2D eigenvalue weighted by molar-refractivity contribution is 0.0488. The Kier molecular flexibility index (Phi) is 5.09. The summed E-state index contributed by atoms with van der Waals surface area (Å²) in [4.78, 5) is 11.7. The summed E-state index contributed by atoms with van der Waals surface area (Å²) in [5.41, 5.74) is 6.21. The zero-order valence-electron chi connectivity index (χ0n) is 9.80. The molecule has 0 radical (unpaired) electrons. The van der Waals surface area contributed by atoms with Crippen molar-refractivity contribution in [2.45, 2.75) is 20.3 Å². The van der Waals surface area contributed by atoms with E-state index in [0.717, 1.165) is 6.42 Å². The average molecular weight is 276 g/mol. The van der Waals surface area contributed by atoms with Gasteiger partial charge in [0.2, 0.25) is 0 Å². The third-order valence-electron chi connectivity index (χ3n) is 2.22. The molecule has 0 atom stereocenters. The molecule has 0 bridgehead atoms. The quantitative estimate of drug-likeness (QED) is 0.672. The Morgan fingerprint density at radius 1 is 1.41 bits per heavy atom. The van der Waals surface area contributed by atoms with Crippen molar-refractivity contribution in [3.05, 3.63) is 27.7 Å². The van der Waals surface area contributed by atoms with Gasteiger partial charge < -0.3 is 10.5 Å². The molecule has 17 heavy (non-hydrogen) atoms. The van der Waals surface area contributed by atoms with Gasteiger partial charge in [0, 0.05) is 0 Å². The molecular weight excluding hydrogens is 261 g/mol. The van der Waals surface area contributed by atoms with Crippen LogP contribution in [0, 0.1) is 5.92 Å². The van der Waals surface area contributed by atoms with Crippen molar-refractivity contribution in [3.8, 4) is 0 Å². The van der Waals surface area contributed by atoms with Crippen molar-refractivity contribution >= 4 is 34.9 Å². The van der Waals surface area contributed by atoms with E-state index < -0.39 is 5.97 Å². The van der Waals surface area contributed by atoms with E-state index in [2.05, 4.69) is 13.8 Å². The first-order valence-electron chi connectivity index (χ1n) is 5.33. The Morgan fingerprint density at radius 2 is 2.06 bits per heavy atom. The van der Waals surface area contributed by atoms with Gasteiger partial charge in [0.25, 0.3) is 0 Å². The minimum absolute atomic E-state index is 0.252. The Morgan fingerprint density at radius 3 is 2.59 bits per heavy atom. The number of hydrogen-bond acceptors (Lipinski definition) is 3. The predicted molar refractivity (Wildman–Crippen MR) is 70.6 cm³/mol. The summed E-state index contributed by atoms with van der Waals surface area (Å²) in [6.07, 6.45) is 0.822. The topological polar surface area (TPSA) is 52.3 Å². The normalized spacial score (nSPS) is 10.6. The molecule has 2 N–H and O–H groups in total. The number of anilines is 1. The summed E-state index contributed by atoms with van der Waals surface area (Å²) in [7, 11) is 0. The average Bonchev–Trinajstić information content (AvgIpc) is 2.24. The van der Waals surface area contributed by atoms with Crippen LogP contribution < -0.4 is 5.73 Å². The number of hydrogen-bond donors (Lipinski definition) is 1. The number of nitrogens with two attached hydrogens (primary N) is 1. The molecule has 1 rings (SSSR count). The molecule has 0 fully saturated rings. The van der Waals surface area contributed by atoms with Crippen LogP contribution in [-0.4, -0.2) is 12.6 Å². The molecule has 0 saturated heterocycles. The lowest BCUT2D eigenvalue weighted by Crippen LogP contribution is -2.08. The fraction of sp³-hybridized carbons (Fsp3) is 0.417. The van der Waals surface area contributed by atoms with Crippen molar-refractivity contribution < 1.29 is 9.53 Å². The molecule has 1 aromatic rings. The molecule has 0 spiro atoms. The zero-order valence-corrected chi connectivity index (χ0v) is 11.3. The van der Waals surface area contributed by atoms with E-state index in [4.69, 9.17) is 33.7 Å². The smallest absolute Gasteiger partial charge is 0.338 e. The standard InChI is InChI=1S/C12H15Cl2NO2/c1-7(2)3-4-17-12(16)8-5-9(13)11(14)10(15)6-8/h5-7H,3-4,15H2,1-2H3. The number of halogens is 2. The molecule has 94 valence electrons. The van der Waals surface area contributed by atoms with Crippen LogP contribution in [0.5, 0.6) is 0 Å². The zero-order chi connectivity index (χ0) is 13.0. The molecule has 1 aromatic carbocycles. The fourth-order valence-electron chi connectivity index (χ4n) is 1.20. The van der Waals surface area contributed by atoms with Gasteiger partial charge in [0.05, 0.1) is 27.9 Å². The van der Waals surface area contributed by atoms with Crippen molar-refractivity contribution in [1.29, 1.82) is 0 Å². The lowest BCUT2D eigenvalue weighted by Gasteiger charge is -2.08. The van der Waals surface area contributed by atoms with Gasteiger partial charge in [-0.15, -0.1) is 0 Å². The first-order valence-corrected chi connectivity index (χ1v) is 6.09. The molecular formula is C12H15Cl2NO2. The van der Waals surface area contributed by atoms with Crippen LogP contribution in [0.2, 0.25) is 10.0 Å². The maximum atomic E-state index is 11.7. The summed E-state index contributed by atoms with van der Waals surface area (Å²) in [6, 6.07) is 2.92. The van der Waals surface area contributed by atoms with Crippen molar-refractivity contribution in [2.24, 2.45) is 5.92 Å². The van der Waals surface area contributed by atoms with Gasteiger partial charge in [-0.3, -0.25) is 0 Å². The van der Waals surface area contributed by atoms with E-state index in [0.29, 0.717) is 18.1 Å².